The molecule has 0 bridgehead atoms. The summed E-state index contributed by atoms with van der Waals surface area (Å²) in [7, 11) is 0. The van der Waals surface area contributed by atoms with E-state index in [1.807, 2.05) is 0 Å². The second kappa shape index (κ2) is 5.31. The van der Waals surface area contributed by atoms with Gasteiger partial charge in [-0.2, -0.15) is 0 Å². The largest absolute Gasteiger partial charge is 0.481 e. The van der Waals surface area contributed by atoms with E-state index in [9.17, 15) is 19.5 Å². The molecule has 0 aromatic rings. The van der Waals surface area contributed by atoms with Crippen LogP contribution in [0.4, 0.5) is 0 Å². The fourth-order valence-electron chi connectivity index (χ4n) is 3.16. The van der Waals surface area contributed by atoms with E-state index in [2.05, 4.69) is 0 Å². The van der Waals surface area contributed by atoms with E-state index in [1.165, 1.54) is 4.90 Å². The Morgan fingerprint density at radius 2 is 1.84 bits per heavy atom. The number of likely N-dealkylation sites (tertiary alicyclic amines) is 1. The molecule has 1 unspecified atom stereocenters. The molecule has 5 nitrogen and oxygen atoms in total. The molecular weight excluding hydrogens is 246 g/mol. The van der Waals surface area contributed by atoms with Gasteiger partial charge in [-0.25, -0.2) is 0 Å². The molecule has 1 saturated heterocycles. The summed E-state index contributed by atoms with van der Waals surface area (Å²) in [6.07, 6.45) is 5.13. The second-order valence-corrected chi connectivity index (χ2v) is 5.92. The van der Waals surface area contributed by atoms with Gasteiger partial charge in [0.2, 0.25) is 11.8 Å². The van der Waals surface area contributed by atoms with Crippen molar-refractivity contribution < 1.29 is 19.5 Å². The predicted octanol–water partition coefficient (Wildman–Crippen LogP) is 1.81. The van der Waals surface area contributed by atoms with Crippen LogP contribution in [0.2, 0.25) is 0 Å². The number of amides is 2. The highest BCUT2D eigenvalue weighted by atomic mass is 16.4. The minimum absolute atomic E-state index is 0.0599. The van der Waals surface area contributed by atoms with E-state index in [-0.39, 0.29) is 30.7 Å². The van der Waals surface area contributed by atoms with Crippen LogP contribution in [0, 0.1) is 11.3 Å². The van der Waals surface area contributed by atoms with E-state index in [1.54, 1.807) is 6.92 Å². The number of carboxylic acids is 1. The lowest BCUT2D eigenvalue weighted by Gasteiger charge is -2.31. The lowest BCUT2D eigenvalue weighted by molar-refractivity contribution is -0.154. The summed E-state index contributed by atoms with van der Waals surface area (Å²) in [6.45, 7) is 1.78. The Bertz CT molecular complexity index is 396. The van der Waals surface area contributed by atoms with Crippen LogP contribution in [0.25, 0.3) is 0 Å². The minimum Gasteiger partial charge on any atom is -0.481 e. The standard InChI is InChI=1S/C14H21NO4/c1-10-8-11(16)15(12(10)17)9-14(13(18)19)6-4-2-3-5-7-14/h10H,2-9H2,1H3,(H,18,19). The van der Waals surface area contributed by atoms with Crippen LogP contribution in [0.1, 0.15) is 51.9 Å². The zero-order valence-electron chi connectivity index (χ0n) is 11.4. The van der Waals surface area contributed by atoms with Gasteiger partial charge in [0.25, 0.3) is 0 Å². The Morgan fingerprint density at radius 3 is 2.26 bits per heavy atom. The maximum Gasteiger partial charge on any atom is 0.311 e. The van der Waals surface area contributed by atoms with Crippen LogP contribution < -0.4 is 0 Å². The van der Waals surface area contributed by atoms with Crippen molar-refractivity contribution in [2.45, 2.75) is 51.9 Å². The van der Waals surface area contributed by atoms with Crippen molar-refractivity contribution in [2.24, 2.45) is 11.3 Å². The maximum atomic E-state index is 12.0. The van der Waals surface area contributed by atoms with Gasteiger partial charge in [0.05, 0.1) is 5.41 Å². The SMILES string of the molecule is CC1CC(=O)N(CC2(C(=O)O)CCCCCC2)C1=O. The highest BCUT2D eigenvalue weighted by Crippen LogP contribution is 2.37. The first kappa shape index (κ1) is 14.0. The summed E-state index contributed by atoms with van der Waals surface area (Å²) in [4.78, 5) is 36.6. The summed E-state index contributed by atoms with van der Waals surface area (Å²) in [5.41, 5.74) is -0.925. The quantitative estimate of drug-likeness (QED) is 0.625. The van der Waals surface area contributed by atoms with Gasteiger partial charge in [-0.3, -0.25) is 19.3 Å². The Labute approximate surface area is 113 Å². The van der Waals surface area contributed by atoms with Crippen LogP contribution in [0.15, 0.2) is 0 Å². The third-order valence-electron chi connectivity index (χ3n) is 4.44. The van der Waals surface area contributed by atoms with Crippen molar-refractivity contribution in [3.8, 4) is 0 Å². The summed E-state index contributed by atoms with van der Waals surface area (Å²) in [6, 6.07) is 0. The molecule has 0 radical (unpaired) electrons. The lowest BCUT2D eigenvalue weighted by Crippen LogP contribution is -2.45. The number of carboxylic acid groups (broad SMARTS) is 1. The van der Waals surface area contributed by atoms with Gasteiger partial charge >= 0.3 is 5.97 Å². The van der Waals surface area contributed by atoms with Crippen molar-refractivity contribution in [1.82, 2.24) is 4.90 Å². The first-order valence-corrected chi connectivity index (χ1v) is 7.04. The molecule has 5 heteroatoms. The molecule has 2 fully saturated rings. The van der Waals surface area contributed by atoms with Crippen LogP contribution in [-0.4, -0.2) is 34.3 Å². The molecule has 1 aliphatic heterocycles. The number of hydrogen-bond donors (Lipinski definition) is 1. The van der Waals surface area contributed by atoms with Crippen LogP contribution in [0.5, 0.6) is 0 Å². The molecule has 106 valence electrons. The van der Waals surface area contributed by atoms with E-state index in [0.29, 0.717) is 12.8 Å². The summed E-state index contributed by atoms with van der Waals surface area (Å²) >= 11 is 0. The zero-order chi connectivity index (χ0) is 14.0. The van der Waals surface area contributed by atoms with Gasteiger partial charge in [0.1, 0.15) is 0 Å². The van der Waals surface area contributed by atoms with E-state index in [0.717, 1.165) is 25.7 Å². The number of hydrogen-bond acceptors (Lipinski definition) is 3. The van der Waals surface area contributed by atoms with Crippen molar-refractivity contribution in [1.29, 1.82) is 0 Å². The smallest absolute Gasteiger partial charge is 0.311 e. The van der Waals surface area contributed by atoms with Gasteiger partial charge in [-0.1, -0.05) is 32.6 Å². The first-order chi connectivity index (χ1) is 8.96. The number of carbonyl (C=O) groups is 3. The van der Waals surface area contributed by atoms with Gasteiger partial charge in [0.15, 0.2) is 0 Å². The number of imide groups is 1. The number of aliphatic carboxylic acids is 1. The van der Waals surface area contributed by atoms with Gasteiger partial charge in [-0.15, -0.1) is 0 Å². The Kier molecular flexibility index (Phi) is 3.92. The predicted molar refractivity (Wildman–Crippen MR) is 68.3 cm³/mol. The van der Waals surface area contributed by atoms with Crippen LogP contribution in [-0.2, 0) is 14.4 Å². The summed E-state index contributed by atoms with van der Waals surface area (Å²) < 4.78 is 0. The highest BCUT2D eigenvalue weighted by molar-refractivity contribution is 6.03. The van der Waals surface area contributed by atoms with Crippen molar-refractivity contribution in [3.05, 3.63) is 0 Å². The molecule has 2 rings (SSSR count). The zero-order valence-corrected chi connectivity index (χ0v) is 11.4. The molecular formula is C14H21NO4. The molecule has 0 aromatic carbocycles. The van der Waals surface area contributed by atoms with Crippen molar-refractivity contribution >= 4 is 17.8 Å². The number of rotatable bonds is 3. The molecule has 0 aromatic heterocycles. The molecule has 1 aliphatic carbocycles. The molecule has 1 heterocycles. The van der Waals surface area contributed by atoms with E-state index < -0.39 is 11.4 Å². The Morgan fingerprint density at radius 1 is 1.26 bits per heavy atom. The molecule has 1 N–H and O–H groups in total. The van der Waals surface area contributed by atoms with Crippen LogP contribution in [0.3, 0.4) is 0 Å². The van der Waals surface area contributed by atoms with Gasteiger partial charge < -0.3 is 5.11 Å². The summed E-state index contributed by atoms with van der Waals surface area (Å²) in [5, 5.41) is 9.56. The fourth-order valence-corrected chi connectivity index (χ4v) is 3.16. The number of carbonyl (C=O) groups excluding carboxylic acids is 2. The minimum atomic E-state index is -0.925. The normalized spacial score (nSPS) is 27.4. The molecule has 1 saturated carbocycles. The topological polar surface area (TPSA) is 74.7 Å². The summed E-state index contributed by atoms with van der Waals surface area (Å²) in [5.74, 6) is -1.60. The second-order valence-electron chi connectivity index (χ2n) is 5.92. The maximum absolute atomic E-state index is 12.0. The molecule has 0 spiro atoms. The van der Waals surface area contributed by atoms with Crippen molar-refractivity contribution in [2.75, 3.05) is 6.54 Å². The molecule has 2 amide bonds. The molecule has 1 atom stereocenters. The van der Waals surface area contributed by atoms with Gasteiger partial charge in [0, 0.05) is 18.9 Å². The monoisotopic (exact) mass is 267 g/mol. The molecule has 19 heavy (non-hydrogen) atoms. The molecule has 2 aliphatic rings. The van der Waals surface area contributed by atoms with Crippen LogP contribution >= 0.6 is 0 Å². The average Bonchev–Trinajstić information content (AvgIpc) is 2.58. The fraction of sp³-hybridized carbons (Fsp3) is 0.786. The van der Waals surface area contributed by atoms with Crippen molar-refractivity contribution in [3.63, 3.8) is 0 Å². The first-order valence-electron chi connectivity index (χ1n) is 7.04. The van der Waals surface area contributed by atoms with Gasteiger partial charge in [-0.05, 0) is 12.8 Å². The van der Waals surface area contributed by atoms with E-state index in [4.69, 9.17) is 0 Å². The average molecular weight is 267 g/mol. The third kappa shape index (κ3) is 2.65. The number of nitrogens with zero attached hydrogens (tertiary/aromatic N) is 1. The Balaban J connectivity index is 2.19. The lowest BCUT2D eigenvalue weighted by atomic mass is 9.80. The highest BCUT2D eigenvalue weighted by Gasteiger charge is 2.45. The Hall–Kier alpha value is -1.39. The van der Waals surface area contributed by atoms with E-state index >= 15 is 0 Å². The third-order valence-corrected chi connectivity index (χ3v) is 4.44.